The van der Waals surface area contributed by atoms with E-state index in [0.717, 1.165) is 5.56 Å². The summed E-state index contributed by atoms with van der Waals surface area (Å²) in [4.78, 5) is 0. The summed E-state index contributed by atoms with van der Waals surface area (Å²) in [6.07, 6.45) is 0. The third kappa shape index (κ3) is 1.66. The van der Waals surface area contributed by atoms with Crippen molar-refractivity contribution in [3.63, 3.8) is 0 Å². The Kier molecular flexibility index (Phi) is 2.74. The van der Waals surface area contributed by atoms with Crippen LogP contribution in [0.1, 0.15) is 11.1 Å². The van der Waals surface area contributed by atoms with Gasteiger partial charge in [-0.05, 0) is 18.6 Å². The Labute approximate surface area is 74.9 Å². The molecular weight excluding hydrogens is 186 g/mol. The Morgan fingerprint density at radius 2 is 2.00 bits per heavy atom. The Morgan fingerprint density at radius 3 is 2.45 bits per heavy atom. The smallest absolute Gasteiger partial charge is 0.117 e. The van der Waals surface area contributed by atoms with Crippen LogP contribution in [0.25, 0.3) is 0 Å². The zero-order chi connectivity index (χ0) is 8.43. The first-order valence-corrected chi connectivity index (χ1v) is 3.92. The van der Waals surface area contributed by atoms with Gasteiger partial charge in [-0.25, -0.2) is 4.39 Å². The van der Waals surface area contributed by atoms with Crippen molar-refractivity contribution in [3.8, 4) is 0 Å². The van der Waals surface area contributed by atoms with E-state index in [4.69, 9.17) is 23.2 Å². The first-order valence-electron chi connectivity index (χ1n) is 3.16. The number of hydrogen-bond donors (Lipinski definition) is 0. The largest absolute Gasteiger partial charge is 0.246 e. The Balaban J connectivity index is 3.29. The number of alkyl halides is 1. The molecule has 0 unspecified atom stereocenters. The Bertz CT molecular complexity index is 271. The molecule has 0 heterocycles. The third-order valence-corrected chi connectivity index (χ3v) is 2.39. The molecule has 0 saturated carbocycles. The maximum Gasteiger partial charge on any atom is 0.117 e. The number of aryl methyl sites for hydroxylation is 1. The summed E-state index contributed by atoms with van der Waals surface area (Å²) in [7, 11) is 0. The molecule has 1 rings (SSSR count). The zero-order valence-corrected chi connectivity index (χ0v) is 7.51. The zero-order valence-electron chi connectivity index (χ0n) is 6.00. The lowest BCUT2D eigenvalue weighted by atomic mass is 10.1. The minimum atomic E-state index is -0.612. The van der Waals surface area contributed by atoms with Gasteiger partial charge in [0.15, 0.2) is 0 Å². The van der Waals surface area contributed by atoms with E-state index < -0.39 is 6.67 Å². The molecule has 1 aromatic carbocycles. The lowest BCUT2D eigenvalue weighted by molar-refractivity contribution is 0.485. The Morgan fingerprint density at radius 1 is 1.36 bits per heavy atom. The topological polar surface area (TPSA) is 0 Å². The van der Waals surface area contributed by atoms with Gasteiger partial charge in [-0.1, -0.05) is 29.3 Å². The highest BCUT2D eigenvalue weighted by Crippen LogP contribution is 2.28. The van der Waals surface area contributed by atoms with Gasteiger partial charge in [0.05, 0.1) is 5.02 Å². The van der Waals surface area contributed by atoms with Crippen molar-refractivity contribution in [1.29, 1.82) is 0 Å². The average Bonchev–Trinajstić information content (AvgIpc) is 1.99. The summed E-state index contributed by atoms with van der Waals surface area (Å²) in [5.74, 6) is 0. The summed E-state index contributed by atoms with van der Waals surface area (Å²) in [5.41, 5.74) is 1.23. The minimum Gasteiger partial charge on any atom is -0.246 e. The van der Waals surface area contributed by atoms with Crippen LogP contribution < -0.4 is 0 Å². The van der Waals surface area contributed by atoms with Gasteiger partial charge >= 0.3 is 0 Å². The second-order valence-electron chi connectivity index (χ2n) is 2.29. The van der Waals surface area contributed by atoms with Crippen LogP contribution in [0.3, 0.4) is 0 Å². The quantitative estimate of drug-likeness (QED) is 0.636. The molecule has 0 nitrogen and oxygen atoms in total. The fraction of sp³-hybridized carbons (Fsp3) is 0.250. The highest BCUT2D eigenvalue weighted by molar-refractivity contribution is 6.36. The van der Waals surface area contributed by atoms with Gasteiger partial charge in [-0.2, -0.15) is 0 Å². The van der Waals surface area contributed by atoms with Crippen molar-refractivity contribution >= 4 is 23.2 Å². The standard InChI is InChI=1S/C8H7Cl2F/c1-5-2-3-7(9)6(4-11)8(5)10/h2-3H,4H2,1H3. The normalized spacial score (nSPS) is 10.2. The number of halogens is 3. The molecule has 0 aromatic heterocycles. The summed E-state index contributed by atoms with van der Waals surface area (Å²) in [5, 5.41) is 0.822. The number of hydrogen-bond acceptors (Lipinski definition) is 0. The van der Waals surface area contributed by atoms with E-state index in [0.29, 0.717) is 15.6 Å². The van der Waals surface area contributed by atoms with Gasteiger partial charge in [-0.15, -0.1) is 0 Å². The SMILES string of the molecule is Cc1ccc(Cl)c(CF)c1Cl. The van der Waals surface area contributed by atoms with Crippen LogP contribution in [-0.2, 0) is 6.67 Å². The van der Waals surface area contributed by atoms with Crippen molar-refractivity contribution in [2.75, 3.05) is 0 Å². The van der Waals surface area contributed by atoms with Crippen LogP contribution in [0.4, 0.5) is 4.39 Å². The van der Waals surface area contributed by atoms with Crippen molar-refractivity contribution in [2.45, 2.75) is 13.6 Å². The summed E-state index contributed by atoms with van der Waals surface area (Å²) in [6.45, 7) is 1.21. The minimum absolute atomic E-state index is 0.383. The van der Waals surface area contributed by atoms with Gasteiger partial charge in [0.1, 0.15) is 6.67 Å². The van der Waals surface area contributed by atoms with Gasteiger partial charge in [0, 0.05) is 10.6 Å². The second kappa shape index (κ2) is 3.42. The molecule has 0 radical (unpaired) electrons. The predicted octanol–water partition coefficient (Wildman–Crippen LogP) is 3.77. The highest BCUT2D eigenvalue weighted by Gasteiger charge is 2.06. The molecule has 0 aliphatic heterocycles. The molecular formula is C8H7Cl2F. The molecule has 0 fully saturated rings. The van der Waals surface area contributed by atoms with E-state index in [1.807, 2.05) is 6.92 Å². The summed E-state index contributed by atoms with van der Waals surface area (Å²) in [6, 6.07) is 3.42. The second-order valence-corrected chi connectivity index (χ2v) is 3.08. The molecule has 3 heteroatoms. The molecule has 1 aromatic rings. The van der Waals surface area contributed by atoms with Gasteiger partial charge in [0.25, 0.3) is 0 Å². The third-order valence-electron chi connectivity index (χ3n) is 1.51. The maximum absolute atomic E-state index is 12.3. The molecule has 0 spiro atoms. The van der Waals surface area contributed by atoms with Crippen LogP contribution in [0.5, 0.6) is 0 Å². The van der Waals surface area contributed by atoms with Gasteiger partial charge in [-0.3, -0.25) is 0 Å². The first kappa shape index (κ1) is 8.82. The average molecular weight is 193 g/mol. The lowest BCUT2D eigenvalue weighted by Gasteiger charge is -2.04. The molecule has 0 amide bonds. The van der Waals surface area contributed by atoms with Crippen LogP contribution in [0, 0.1) is 6.92 Å². The molecule has 0 aliphatic rings. The highest BCUT2D eigenvalue weighted by atomic mass is 35.5. The first-order chi connectivity index (χ1) is 5.16. The van der Waals surface area contributed by atoms with Crippen LogP contribution in [0.2, 0.25) is 10.0 Å². The molecule has 60 valence electrons. The van der Waals surface area contributed by atoms with Gasteiger partial charge < -0.3 is 0 Å². The Hall–Kier alpha value is -0.270. The summed E-state index contributed by atoms with van der Waals surface area (Å²) >= 11 is 11.5. The van der Waals surface area contributed by atoms with E-state index in [2.05, 4.69) is 0 Å². The van der Waals surface area contributed by atoms with E-state index >= 15 is 0 Å². The number of benzene rings is 1. The molecule has 0 bridgehead atoms. The van der Waals surface area contributed by atoms with Crippen molar-refractivity contribution < 1.29 is 4.39 Å². The van der Waals surface area contributed by atoms with E-state index in [1.54, 1.807) is 12.1 Å². The van der Waals surface area contributed by atoms with Crippen LogP contribution in [0.15, 0.2) is 12.1 Å². The van der Waals surface area contributed by atoms with Gasteiger partial charge in [0.2, 0.25) is 0 Å². The van der Waals surface area contributed by atoms with Crippen molar-refractivity contribution in [3.05, 3.63) is 33.3 Å². The fourth-order valence-electron chi connectivity index (χ4n) is 0.837. The lowest BCUT2D eigenvalue weighted by Crippen LogP contribution is -1.85. The van der Waals surface area contributed by atoms with E-state index in [-0.39, 0.29) is 0 Å². The fourth-order valence-corrected chi connectivity index (χ4v) is 1.31. The van der Waals surface area contributed by atoms with Crippen LogP contribution in [-0.4, -0.2) is 0 Å². The van der Waals surface area contributed by atoms with E-state index in [9.17, 15) is 4.39 Å². The van der Waals surface area contributed by atoms with Crippen molar-refractivity contribution in [2.24, 2.45) is 0 Å². The van der Waals surface area contributed by atoms with E-state index in [1.165, 1.54) is 0 Å². The number of rotatable bonds is 1. The molecule has 0 atom stereocenters. The molecule has 11 heavy (non-hydrogen) atoms. The maximum atomic E-state index is 12.3. The van der Waals surface area contributed by atoms with Crippen molar-refractivity contribution in [1.82, 2.24) is 0 Å². The van der Waals surface area contributed by atoms with Crippen LogP contribution >= 0.6 is 23.2 Å². The monoisotopic (exact) mass is 192 g/mol. The molecule has 0 N–H and O–H groups in total. The predicted molar refractivity (Wildman–Crippen MR) is 46.0 cm³/mol. The molecule has 0 saturated heterocycles. The molecule has 0 aliphatic carbocycles. The summed E-state index contributed by atoms with van der Waals surface area (Å²) < 4.78 is 12.3.